The number of hydrogen-bond donors (Lipinski definition) is 0. The molecule has 0 bridgehead atoms. The van der Waals surface area contributed by atoms with E-state index >= 15 is 0 Å². The van der Waals surface area contributed by atoms with Crippen LogP contribution in [-0.2, 0) is 20.9 Å². The van der Waals surface area contributed by atoms with E-state index < -0.39 is 17.6 Å². The van der Waals surface area contributed by atoms with Gasteiger partial charge < -0.3 is 9.64 Å². The van der Waals surface area contributed by atoms with Crippen LogP contribution in [0, 0.1) is 12.8 Å². The van der Waals surface area contributed by atoms with Crippen molar-refractivity contribution >= 4 is 17.9 Å². The van der Waals surface area contributed by atoms with Gasteiger partial charge in [0.1, 0.15) is 6.54 Å². The van der Waals surface area contributed by atoms with E-state index in [4.69, 9.17) is 4.74 Å². The molecule has 0 atom stereocenters. The number of hydrogen-bond acceptors (Lipinski definition) is 5. The smallest absolute Gasteiger partial charge is 0.418 e. The Kier molecular flexibility index (Phi) is 4.53. The Hall–Kier alpha value is -2.38. The number of aryl methyl sites for hydroxylation is 1. The number of ether oxygens (including phenoxy) is 1. The molecule has 136 valence electrons. The zero-order chi connectivity index (χ0) is 18.2. The van der Waals surface area contributed by atoms with Gasteiger partial charge in [-0.3, -0.25) is 14.3 Å². The van der Waals surface area contributed by atoms with E-state index in [0.29, 0.717) is 19.0 Å². The summed E-state index contributed by atoms with van der Waals surface area (Å²) in [7, 11) is 0. The first-order valence-electron chi connectivity index (χ1n) is 8.58. The number of amides is 3. The van der Waals surface area contributed by atoms with Crippen molar-refractivity contribution in [3.63, 3.8) is 0 Å². The fraction of sp³-hybridized carbons (Fsp3) is 0.647. The second-order valence-corrected chi connectivity index (χ2v) is 7.33. The first-order chi connectivity index (χ1) is 11.8. The maximum absolute atomic E-state index is 12.4. The fourth-order valence-corrected chi connectivity index (χ4v) is 3.29. The maximum atomic E-state index is 12.4. The summed E-state index contributed by atoms with van der Waals surface area (Å²) in [6.45, 7) is 6.93. The zero-order valence-corrected chi connectivity index (χ0v) is 14.9. The largest absolute Gasteiger partial charge is 0.433 e. The van der Waals surface area contributed by atoms with Gasteiger partial charge >= 0.3 is 6.09 Å². The summed E-state index contributed by atoms with van der Waals surface area (Å²) in [6.07, 6.45) is 4.88. The second kappa shape index (κ2) is 6.50. The SMILES string of the molecule is Cc1cnn(CC2CCN(C(=O)CN3C(=O)OC(C)(C)C3=O)CC2)c1. The molecule has 1 aromatic rings. The normalized spacial score (nSPS) is 20.9. The number of nitrogens with zero attached hydrogens (tertiary/aromatic N) is 4. The van der Waals surface area contributed by atoms with Crippen LogP contribution in [0.1, 0.15) is 32.3 Å². The molecule has 3 heterocycles. The monoisotopic (exact) mass is 348 g/mol. The van der Waals surface area contributed by atoms with Crippen LogP contribution in [0.5, 0.6) is 0 Å². The summed E-state index contributed by atoms with van der Waals surface area (Å²) in [5.74, 6) is -0.202. The van der Waals surface area contributed by atoms with Gasteiger partial charge in [0.05, 0.1) is 6.20 Å². The van der Waals surface area contributed by atoms with Gasteiger partial charge in [-0.25, -0.2) is 9.69 Å². The van der Waals surface area contributed by atoms with E-state index in [9.17, 15) is 14.4 Å². The van der Waals surface area contributed by atoms with Crippen molar-refractivity contribution in [2.75, 3.05) is 19.6 Å². The molecular formula is C17H24N4O4. The highest BCUT2D eigenvalue weighted by Crippen LogP contribution is 2.24. The minimum absolute atomic E-state index is 0.212. The third kappa shape index (κ3) is 3.67. The molecule has 0 unspecified atom stereocenters. The predicted molar refractivity (Wildman–Crippen MR) is 88.5 cm³/mol. The fourth-order valence-electron chi connectivity index (χ4n) is 3.29. The molecule has 8 heteroatoms. The van der Waals surface area contributed by atoms with E-state index in [0.717, 1.165) is 29.8 Å². The molecular weight excluding hydrogens is 324 g/mol. The van der Waals surface area contributed by atoms with Crippen LogP contribution < -0.4 is 0 Å². The summed E-state index contributed by atoms with van der Waals surface area (Å²) < 4.78 is 6.95. The lowest BCUT2D eigenvalue weighted by Gasteiger charge is -2.32. The topological polar surface area (TPSA) is 84.7 Å². The summed E-state index contributed by atoms with van der Waals surface area (Å²) in [5, 5.41) is 4.30. The minimum Gasteiger partial charge on any atom is -0.433 e. The van der Waals surface area contributed by atoms with Crippen molar-refractivity contribution in [2.45, 2.75) is 45.8 Å². The Bertz CT molecular complexity index is 689. The van der Waals surface area contributed by atoms with Gasteiger partial charge in [-0.15, -0.1) is 0 Å². The van der Waals surface area contributed by atoms with Gasteiger partial charge in [-0.05, 0) is 45.1 Å². The summed E-state index contributed by atoms with van der Waals surface area (Å²) >= 11 is 0. The van der Waals surface area contributed by atoms with Crippen LogP contribution in [0.2, 0.25) is 0 Å². The molecule has 1 aromatic heterocycles. The van der Waals surface area contributed by atoms with E-state index in [2.05, 4.69) is 5.10 Å². The summed E-state index contributed by atoms with van der Waals surface area (Å²) in [4.78, 5) is 38.9. The summed E-state index contributed by atoms with van der Waals surface area (Å²) in [5.41, 5.74) is -0.0515. The Balaban J connectivity index is 1.50. The van der Waals surface area contributed by atoms with Gasteiger partial charge in [0.2, 0.25) is 5.91 Å². The molecule has 0 aromatic carbocycles. The minimum atomic E-state index is -1.19. The Morgan fingerprint density at radius 3 is 2.52 bits per heavy atom. The van der Waals surface area contributed by atoms with Crippen molar-refractivity contribution in [3.8, 4) is 0 Å². The standard InChI is InChI=1S/C17H24N4O4/c1-12-8-18-20(9-12)10-13-4-6-19(7-5-13)14(22)11-21-15(23)17(2,3)25-16(21)24/h8-9,13H,4-7,10-11H2,1-3H3. The molecule has 8 nitrogen and oxygen atoms in total. The molecule has 0 saturated carbocycles. The molecule has 0 aliphatic carbocycles. The average molecular weight is 348 g/mol. The molecule has 3 amide bonds. The van der Waals surface area contributed by atoms with Crippen LogP contribution in [-0.4, -0.2) is 62.7 Å². The van der Waals surface area contributed by atoms with E-state index in [-0.39, 0.29) is 12.5 Å². The number of likely N-dealkylation sites (tertiary alicyclic amines) is 1. The van der Waals surface area contributed by atoms with Gasteiger partial charge in [-0.1, -0.05) is 0 Å². The maximum Gasteiger partial charge on any atom is 0.418 e. The molecule has 0 radical (unpaired) electrons. The van der Waals surface area contributed by atoms with Crippen molar-refractivity contribution < 1.29 is 19.1 Å². The highest BCUT2D eigenvalue weighted by molar-refractivity contribution is 6.04. The lowest BCUT2D eigenvalue weighted by atomic mass is 9.97. The molecule has 2 fully saturated rings. The first kappa shape index (κ1) is 17.4. The van der Waals surface area contributed by atoms with Crippen molar-refractivity contribution in [2.24, 2.45) is 5.92 Å². The first-order valence-corrected chi connectivity index (χ1v) is 8.58. The Morgan fingerprint density at radius 2 is 2.00 bits per heavy atom. The number of piperidine rings is 1. The number of imide groups is 1. The van der Waals surface area contributed by atoms with E-state index in [1.165, 1.54) is 13.8 Å². The predicted octanol–water partition coefficient (Wildman–Crippen LogP) is 1.19. The van der Waals surface area contributed by atoms with Crippen molar-refractivity contribution in [1.82, 2.24) is 19.6 Å². The molecule has 3 rings (SSSR count). The van der Waals surface area contributed by atoms with Gasteiger partial charge in [0.25, 0.3) is 5.91 Å². The summed E-state index contributed by atoms with van der Waals surface area (Å²) in [6, 6.07) is 0. The van der Waals surface area contributed by atoms with Crippen LogP contribution in [0.4, 0.5) is 4.79 Å². The van der Waals surface area contributed by atoms with Crippen LogP contribution in [0.25, 0.3) is 0 Å². The number of aromatic nitrogens is 2. The lowest BCUT2D eigenvalue weighted by molar-refractivity contribution is -0.140. The van der Waals surface area contributed by atoms with Crippen LogP contribution in [0.3, 0.4) is 0 Å². The third-order valence-corrected chi connectivity index (χ3v) is 4.79. The highest BCUT2D eigenvalue weighted by Gasteiger charge is 2.48. The third-order valence-electron chi connectivity index (χ3n) is 4.79. The molecule has 0 N–H and O–H groups in total. The molecule has 2 saturated heterocycles. The Labute approximate surface area is 146 Å². The van der Waals surface area contributed by atoms with Gasteiger partial charge in [0, 0.05) is 25.8 Å². The van der Waals surface area contributed by atoms with E-state index in [1.54, 1.807) is 4.90 Å². The lowest BCUT2D eigenvalue weighted by Crippen LogP contribution is -2.47. The zero-order valence-electron chi connectivity index (χ0n) is 14.9. The van der Waals surface area contributed by atoms with Gasteiger partial charge in [-0.2, -0.15) is 5.10 Å². The van der Waals surface area contributed by atoms with E-state index in [1.807, 2.05) is 24.0 Å². The van der Waals surface area contributed by atoms with Crippen molar-refractivity contribution in [3.05, 3.63) is 18.0 Å². The molecule has 2 aliphatic heterocycles. The number of rotatable bonds is 4. The molecule has 0 spiro atoms. The van der Waals surface area contributed by atoms with Gasteiger partial charge in [0.15, 0.2) is 5.60 Å². The number of carbonyl (C=O) groups excluding carboxylic acids is 3. The number of carbonyl (C=O) groups is 3. The molecule has 25 heavy (non-hydrogen) atoms. The van der Waals surface area contributed by atoms with Crippen LogP contribution in [0.15, 0.2) is 12.4 Å². The molecule has 2 aliphatic rings. The second-order valence-electron chi connectivity index (χ2n) is 7.33. The number of cyclic esters (lactones) is 1. The highest BCUT2D eigenvalue weighted by atomic mass is 16.6. The van der Waals surface area contributed by atoms with Crippen LogP contribution >= 0.6 is 0 Å². The Morgan fingerprint density at radius 1 is 1.32 bits per heavy atom. The average Bonchev–Trinajstić information content (AvgIpc) is 3.04. The van der Waals surface area contributed by atoms with Crippen molar-refractivity contribution in [1.29, 1.82) is 0 Å². The quantitative estimate of drug-likeness (QED) is 0.816.